The summed E-state index contributed by atoms with van der Waals surface area (Å²) < 4.78 is 13.0. The van der Waals surface area contributed by atoms with Crippen molar-refractivity contribution in [3.63, 3.8) is 0 Å². The second-order valence-corrected chi connectivity index (χ2v) is 6.92. The Morgan fingerprint density at radius 1 is 0.931 bits per heavy atom. The molecule has 0 saturated heterocycles. The van der Waals surface area contributed by atoms with Gasteiger partial charge in [0, 0.05) is 24.9 Å². The molecule has 6 nitrogen and oxygen atoms in total. The molecule has 0 spiro atoms. The Kier molecular flexibility index (Phi) is 9.27. The van der Waals surface area contributed by atoms with Crippen LogP contribution in [0.15, 0.2) is 48.5 Å². The van der Waals surface area contributed by atoms with Gasteiger partial charge in [0.15, 0.2) is 0 Å². The molecule has 1 unspecified atom stereocenters. The van der Waals surface area contributed by atoms with Crippen LogP contribution in [0.25, 0.3) is 0 Å². The van der Waals surface area contributed by atoms with Crippen LogP contribution in [-0.2, 0) is 11.2 Å². The molecule has 2 amide bonds. The number of hydrogen-bond donors (Lipinski definition) is 4. The maximum absolute atomic E-state index is 13.0. The molecule has 2 aromatic carbocycles. The van der Waals surface area contributed by atoms with Gasteiger partial charge in [-0.25, -0.2) is 9.87 Å². The summed E-state index contributed by atoms with van der Waals surface area (Å²) in [7, 11) is 0. The molecule has 0 aliphatic heterocycles. The van der Waals surface area contributed by atoms with Gasteiger partial charge in [-0.05, 0) is 48.2 Å². The van der Waals surface area contributed by atoms with Crippen molar-refractivity contribution in [3.05, 3.63) is 71.0 Å². The number of carbonyl (C=O) groups excluding carboxylic acids is 2. The molecule has 0 heterocycles. The first kappa shape index (κ1) is 22.5. The van der Waals surface area contributed by atoms with Crippen molar-refractivity contribution in [2.24, 2.45) is 0 Å². The average molecular weight is 402 g/mol. The average Bonchev–Trinajstić information content (AvgIpc) is 2.73. The quantitative estimate of drug-likeness (QED) is 0.263. The van der Waals surface area contributed by atoms with E-state index in [-0.39, 0.29) is 17.6 Å². The van der Waals surface area contributed by atoms with E-state index in [4.69, 9.17) is 5.21 Å². The summed E-state index contributed by atoms with van der Waals surface area (Å²) in [6, 6.07) is 12.8. The normalized spacial score (nSPS) is 11.7. The van der Waals surface area contributed by atoms with E-state index in [0.29, 0.717) is 36.9 Å². The van der Waals surface area contributed by atoms with E-state index >= 15 is 0 Å². The van der Waals surface area contributed by atoms with E-state index in [2.05, 4.69) is 5.32 Å². The molecule has 2 aromatic rings. The summed E-state index contributed by atoms with van der Waals surface area (Å²) >= 11 is 0. The van der Waals surface area contributed by atoms with Crippen molar-refractivity contribution in [2.45, 2.75) is 44.6 Å². The largest absolute Gasteiger partial charge is 0.388 e. The second kappa shape index (κ2) is 11.9. The summed E-state index contributed by atoms with van der Waals surface area (Å²) in [5.74, 6) is -0.882. The molecule has 0 aliphatic carbocycles. The lowest BCUT2D eigenvalue weighted by Crippen LogP contribution is -2.24. The lowest BCUT2D eigenvalue weighted by molar-refractivity contribution is -0.129. The summed E-state index contributed by atoms with van der Waals surface area (Å²) in [6.45, 7) is 0.552. The van der Waals surface area contributed by atoms with Crippen LogP contribution in [0.1, 0.15) is 59.7 Å². The highest BCUT2D eigenvalue weighted by molar-refractivity contribution is 5.94. The summed E-state index contributed by atoms with van der Waals surface area (Å²) in [6.07, 6.45) is 3.19. The molecule has 0 fully saturated rings. The minimum absolute atomic E-state index is 0.157. The molecule has 0 saturated carbocycles. The number of rotatable bonds is 11. The number of benzene rings is 2. The lowest BCUT2D eigenvalue weighted by atomic mass is 10.0. The fourth-order valence-corrected chi connectivity index (χ4v) is 2.94. The molecule has 156 valence electrons. The molecule has 0 aliphatic rings. The topological polar surface area (TPSA) is 98.7 Å². The van der Waals surface area contributed by atoms with Crippen molar-refractivity contribution < 1.29 is 24.3 Å². The van der Waals surface area contributed by atoms with Crippen LogP contribution in [0.3, 0.4) is 0 Å². The Labute approximate surface area is 169 Å². The van der Waals surface area contributed by atoms with E-state index in [1.807, 2.05) is 0 Å². The summed E-state index contributed by atoms with van der Waals surface area (Å²) in [4.78, 5) is 23.0. The van der Waals surface area contributed by atoms with Crippen LogP contribution in [0.2, 0.25) is 0 Å². The first-order valence-electron chi connectivity index (χ1n) is 9.73. The van der Waals surface area contributed by atoms with Gasteiger partial charge < -0.3 is 10.4 Å². The third kappa shape index (κ3) is 8.01. The van der Waals surface area contributed by atoms with Crippen molar-refractivity contribution in [1.29, 1.82) is 0 Å². The third-order valence-corrected chi connectivity index (χ3v) is 4.64. The van der Waals surface area contributed by atoms with Gasteiger partial charge in [0.2, 0.25) is 5.91 Å². The minimum Gasteiger partial charge on any atom is -0.388 e. The smallest absolute Gasteiger partial charge is 0.251 e. The minimum atomic E-state index is -0.737. The fraction of sp³-hybridized carbons (Fsp3) is 0.364. The van der Waals surface area contributed by atoms with Crippen LogP contribution in [0.5, 0.6) is 0 Å². The van der Waals surface area contributed by atoms with Crippen LogP contribution in [-0.4, -0.2) is 28.7 Å². The molecule has 0 radical (unpaired) electrons. The van der Waals surface area contributed by atoms with Gasteiger partial charge >= 0.3 is 0 Å². The number of unbranched alkanes of at least 4 members (excludes halogenated alkanes) is 3. The van der Waals surface area contributed by atoms with Crippen molar-refractivity contribution in [2.75, 3.05) is 6.54 Å². The van der Waals surface area contributed by atoms with Crippen LogP contribution in [0.4, 0.5) is 4.39 Å². The Bertz CT molecular complexity index is 778. The molecule has 7 heteroatoms. The molecule has 0 aromatic heterocycles. The van der Waals surface area contributed by atoms with Gasteiger partial charge in [0.05, 0.1) is 6.10 Å². The number of aliphatic hydroxyl groups is 1. The molecule has 29 heavy (non-hydrogen) atoms. The third-order valence-electron chi connectivity index (χ3n) is 4.64. The predicted molar refractivity (Wildman–Crippen MR) is 107 cm³/mol. The van der Waals surface area contributed by atoms with Crippen molar-refractivity contribution in [1.82, 2.24) is 10.8 Å². The SMILES string of the molecule is O=C(CCCCCCNC(=O)c1ccc(CC(O)c2ccc(F)cc2)cc1)NO. The molecule has 2 rings (SSSR count). The zero-order valence-electron chi connectivity index (χ0n) is 16.2. The van der Waals surface area contributed by atoms with Gasteiger partial charge in [0.25, 0.3) is 5.91 Å². The number of hydroxylamine groups is 1. The number of hydrogen-bond acceptors (Lipinski definition) is 4. The van der Waals surface area contributed by atoms with Gasteiger partial charge in [0.1, 0.15) is 5.82 Å². The molecule has 0 bridgehead atoms. The predicted octanol–water partition coefficient (Wildman–Crippen LogP) is 3.29. The Morgan fingerprint density at radius 2 is 1.59 bits per heavy atom. The van der Waals surface area contributed by atoms with Crippen molar-refractivity contribution >= 4 is 11.8 Å². The summed E-state index contributed by atoms with van der Waals surface area (Å²) in [5, 5.41) is 21.5. The summed E-state index contributed by atoms with van der Waals surface area (Å²) in [5.41, 5.74) is 3.67. The maximum atomic E-state index is 13.0. The van der Waals surface area contributed by atoms with Crippen LogP contribution >= 0.6 is 0 Å². The zero-order valence-corrected chi connectivity index (χ0v) is 16.2. The molecular weight excluding hydrogens is 375 g/mol. The van der Waals surface area contributed by atoms with Gasteiger partial charge in [-0.15, -0.1) is 0 Å². The first-order chi connectivity index (χ1) is 14.0. The Balaban J connectivity index is 1.70. The lowest BCUT2D eigenvalue weighted by Gasteiger charge is -2.12. The van der Waals surface area contributed by atoms with E-state index in [0.717, 1.165) is 24.8 Å². The highest BCUT2D eigenvalue weighted by Gasteiger charge is 2.10. The number of carbonyl (C=O) groups is 2. The molecule has 1 atom stereocenters. The monoisotopic (exact) mass is 402 g/mol. The number of aliphatic hydroxyl groups excluding tert-OH is 1. The van der Waals surface area contributed by atoms with Crippen molar-refractivity contribution in [3.8, 4) is 0 Å². The highest BCUT2D eigenvalue weighted by Crippen LogP contribution is 2.19. The van der Waals surface area contributed by atoms with Gasteiger partial charge in [-0.1, -0.05) is 37.1 Å². The fourth-order valence-electron chi connectivity index (χ4n) is 2.94. The Morgan fingerprint density at radius 3 is 2.24 bits per heavy atom. The van der Waals surface area contributed by atoms with Gasteiger partial charge in [-0.2, -0.15) is 0 Å². The molecule has 4 N–H and O–H groups in total. The highest BCUT2D eigenvalue weighted by atomic mass is 19.1. The molecular formula is C22H27FN2O4. The zero-order chi connectivity index (χ0) is 21.1. The van der Waals surface area contributed by atoms with E-state index in [9.17, 15) is 19.1 Å². The van der Waals surface area contributed by atoms with E-state index in [1.165, 1.54) is 12.1 Å². The van der Waals surface area contributed by atoms with E-state index in [1.54, 1.807) is 41.9 Å². The second-order valence-electron chi connectivity index (χ2n) is 6.92. The maximum Gasteiger partial charge on any atom is 0.251 e. The number of halogens is 1. The van der Waals surface area contributed by atoms with Crippen LogP contribution in [0, 0.1) is 5.82 Å². The van der Waals surface area contributed by atoms with Crippen LogP contribution < -0.4 is 10.8 Å². The standard InChI is InChI=1S/C22H27FN2O4/c23-19-12-10-17(11-13-19)20(26)15-16-6-8-18(9-7-16)22(28)24-14-4-2-1-3-5-21(27)25-29/h6-13,20,26,29H,1-5,14-15H2,(H,24,28)(H,25,27). The van der Waals surface area contributed by atoms with E-state index < -0.39 is 6.10 Å². The Hall–Kier alpha value is -2.77. The number of amides is 2. The first-order valence-corrected chi connectivity index (χ1v) is 9.73. The van der Waals surface area contributed by atoms with Gasteiger partial charge in [-0.3, -0.25) is 14.8 Å². The number of nitrogens with one attached hydrogen (secondary N) is 2.